The lowest BCUT2D eigenvalue weighted by molar-refractivity contribution is -0.123. The molecule has 1 saturated carbocycles. The van der Waals surface area contributed by atoms with E-state index in [0.717, 1.165) is 24.8 Å². The van der Waals surface area contributed by atoms with Gasteiger partial charge in [-0.15, -0.1) is 5.10 Å². The lowest BCUT2D eigenvalue weighted by atomic mass is 9.85. The molecular weight excluding hydrogens is 392 g/mol. The van der Waals surface area contributed by atoms with E-state index in [-0.39, 0.29) is 23.8 Å². The van der Waals surface area contributed by atoms with Crippen LogP contribution in [0, 0.1) is 5.92 Å². The molecule has 0 bridgehead atoms. The number of nitrogens with zero attached hydrogens (tertiary/aromatic N) is 4. The summed E-state index contributed by atoms with van der Waals surface area (Å²) in [5, 5.41) is 14.5. The van der Waals surface area contributed by atoms with E-state index in [1.54, 1.807) is 16.8 Å². The van der Waals surface area contributed by atoms with E-state index in [9.17, 15) is 9.59 Å². The predicted molar refractivity (Wildman–Crippen MR) is 109 cm³/mol. The number of carbonyl (C=O) groups excluding carboxylic acids is 2. The Morgan fingerprint density at radius 3 is 2.97 bits per heavy atom. The van der Waals surface area contributed by atoms with Crippen molar-refractivity contribution < 1.29 is 9.59 Å². The number of nitrogens with one attached hydrogen (secondary N) is 2. The van der Waals surface area contributed by atoms with Crippen LogP contribution < -0.4 is 10.6 Å². The summed E-state index contributed by atoms with van der Waals surface area (Å²) in [6.45, 7) is 1.50. The summed E-state index contributed by atoms with van der Waals surface area (Å²) >= 11 is 6.35. The Morgan fingerprint density at radius 1 is 1.28 bits per heavy atom. The van der Waals surface area contributed by atoms with Gasteiger partial charge in [-0.1, -0.05) is 29.3 Å². The average Bonchev–Trinajstić information content (AvgIpc) is 3.13. The minimum absolute atomic E-state index is 0.0359. The Kier molecular flexibility index (Phi) is 5.44. The van der Waals surface area contributed by atoms with Crippen molar-refractivity contribution in [3.8, 4) is 11.3 Å². The number of amides is 2. The van der Waals surface area contributed by atoms with Crippen LogP contribution in [0.5, 0.6) is 0 Å². The van der Waals surface area contributed by atoms with Gasteiger partial charge >= 0.3 is 0 Å². The molecule has 0 saturated heterocycles. The van der Waals surface area contributed by atoms with Gasteiger partial charge in [0.25, 0.3) is 0 Å². The molecule has 3 aromatic heterocycles. The fourth-order valence-electron chi connectivity index (χ4n) is 3.80. The second-order valence-electron chi connectivity index (χ2n) is 7.27. The molecule has 0 aromatic carbocycles. The monoisotopic (exact) mass is 412 g/mol. The maximum Gasteiger partial charge on any atom is 0.228 e. The number of aromatic nitrogens is 4. The first kappa shape index (κ1) is 19.3. The van der Waals surface area contributed by atoms with Gasteiger partial charge in [-0.2, -0.15) is 0 Å². The van der Waals surface area contributed by atoms with Gasteiger partial charge in [0, 0.05) is 36.8 Å². The van der Waals surface area contributed by atoms with Gasteiger partial charge in [-0.05, 0) is 37.5 Å². The Balaban J connectivity index is 1.53. The van der Waals surface area contributed by atoms with Crippen LogP contribution in [0.1, 0.15) is 32.6 Å². The van der Waals surface area contributed by atoms with Crippen LogP contribution >= 0.6 is 11.6 Å². The quantitative estimate of drug-likeness (QED) is 0.685. The highest BCUT2D eigenvalue weighted by atomic mass is 35.5. The zero-order chi connectivity index (χ0) is 20.4. The number of rotatable bonds is 4. The molecular formula is C20H21ClN6O2. The van der Waals surface area contributed by atoms with Crippen molar-refractivity contribution in [3.05, 3.63) is 41.7 Å². The first-order valence-electron chi connectivity index (χ1n) is 9.55. The van der Waals surface area contributed by atoms with E-state index in [4.69, 9.17) is 11.6 Å². The Labute approximate surface area is 172 Å². The number of hydrogen-bond acceptors (Lipinski definition) is 5. The van der Waals surface area contributed by atoms with Crippen LogP contribution in [0.15, 0.2) is 36.7 Å². The van der Waals surface area contributed by atoms with E-state index in [1.165, 1.54) is 13.1 Å². The molecule has 0 aliphatic heterocycles. The molecule has 1 aliphatic carbocycles. The summed E-state index contributed by atoms with van der Waals surface area (Å²) in [6.07, 6.45) is 6.51. The van der Waals surface area contributed by atoms with Crippen LogP contribution in [-0.4, -0.2) is 37.7 Å². The number of hydrogen-bond donors (Lipinski definition) is 2. The summed E-state index contributed by atoms with van der Waals surface area (Å²) in [6, 6.07) is 7.41. The molecule has 0 radical (unpaired) electrons. The van der Waals surface area contributed by atoms with Gasteiger partial charge in [-0.25, -0.2) is 9.50 Å². The Morgan fingerprint density at radius 2 is 2.14 bits per heavy atom. The first-order chi connectivity index (χ1) is 14.0. The van der Waals surface area contributed by atoms with Crippen molar-refractivity contribution in [2.24, 2.45) is 5.92 Å². The van der Waals surface area contributed by atoms with Crippen molar-refractivity contribution in [2.45, 2.75) is 38.6 Å². The fraction of sp³-hybridized carbons (Fsp3) is 0.350. The van der Waals surface area contributed by atoms with E-state index in [0.29, 0.717) is 28.5 Å². The molecule has 29 heavy (non-hydrogen) atoms. The molecule has 0 unspecified atom stereocenters. The normalized spacial score (nSPS) is 19.1. The maximum atomic E-state index is 12.8. The molecule has 0 spiro atoms. The van der Waals surface area contributed by atoms with Gasteiger partial charge in [0.1, 0.15) is 11.5 Å². The minimum atomic E-state index is -0.170. The molecule has 3 heterocycles. The molecule has 2 amide bonds. The van der Waals surface area contributed by atoms with Crippen molar-refractivity contribution in [2.75, 3.05) is 5.32 Å². The molecule has 2 atom stereocenters. The summed E-state index contributed by atoms with van der Waals surface area (Å²) in [7, 11) is 0. The first-order valence-corrected chi connectivity index (χ1v) is 9.93. The summed E-state index contributed by atoms with van der Waals surface area (Å²) in [4.78, 5) is 28.3. The van der Waals surface area contributed by atoms with Gasteiger partial charge < -0.3 is 10.6 Å². The Hall–Kier alpha value is -3.00. The number of pyridine rings is 2. The van der Waals surface area contributed by atoms with Gasteiger partial charge in [0.2, 0.25) is 11.8 Å². The summed E-state index contributed by atoms with van der Waals surface area (Å²) in [5.74, 6) is 0.0689. The molecule has 4 rings (SSSR count). The van der Waals surface area contributed by atoms with Crippen molar-refractivity contribution in [1.82, 2.24) is 25.1 Å². The van der Waals surface area contributed by atoms with Crippen LogP contribution in [0.4, 0.5) is 5.82 Å². The smallest absolute Gasteiger partial charge is 0.228 e. The van der Waals surface area contributed by atoms with Gasteiger partial charge in [0.15, 0.2) is 0 Å². The molecule has 1 aliphatic rings. The number of halogens is 1. The Bertz CT molecular complexity index is 1070. The summed E-state index contributed by atoms with van der Waals surface area (Å²) < 4.78 is 1.66. The molecule has 8 nitrogen and oxygen atoms in total. The van der Waals surface area contributed by atoms with Crippen molar-refractivity contribution in [3.63, 3.8) is 0 Å². The van der Waals surface area contributed by atoms with Crippen LogP contribution in [0.2, 0.25) is 5.02 Å². The van der Waals surface area contributed by atoms with Crippen LogP contribution in [0.3, 0.4) is 0 Å². The number of fused-ring (bicyclic) bond motifs is 1. The highest BCUT2D eigenvalue weighted by Crippen LogP contribution is 2.31. The topological polar surface area (TPSA) is 101 Å². The minimum Gasteiger partial charge on any atom is -0.354 e. The largest absolute Gasteiger partial charge is 0.354 e. The van der Waals surface area contributed by atoms with E-state index in [1.807, 2.05) is 18.2 Å². The zero-order valence-corrected chi connectivity index (χ0v) is 16.7. The van der Waals surface area contributed by atoms with Crippen molar-refractivity contribution in [1.29, 1.82) is 0 Å². The molecule has 1 fully saturated rings. The van der Waals surface area contributed by atoms with Gasteiger partial charge in [-0.3, -0.25) is 9.59 Å². The zero-order valence-electron chi connectivity index (χ0n) is 15.9. The average molecular weight is 413 g/mol. The van der Waals surface area contributed by atoms with E-state index < -0.39 is 0 Å². The highest BCUT2D eigenvalue weighted by Gasteiger charge is 2.28. The maximum absolute atomic E-state index is 12.8. The molecule has 150 valence electrons. The van der Waals surface area contributed by atoms with Gasteiger partial charge in [0.05, 0.1) is 10.5 Å². The standard InChI is InChI=1S/C20H21ClN6O2/c1-12(28)23-14-6-4-5-13(9-14)20(29)24-18-10-15(16(21)11-22-18)19-17-7-2-3-8-27(17)26-25-19/h2-3,7-8,10-11,13-14H,4-6,9H2,1H3,(H,23,28)(H,22,24,29)/t13-,14+/m0/s1. The highest BCUT2D eigenvalue weighted by molar-refractivity contribution is 6.33. The summed E-state index contributed by atoms with van der Waals surface area (Å²) in [5.41, 5.74) is 2.08. The second kappa shape index (κ2) is 8.16. The third kappa shape index (κ3) is 4.22. The van der Waals surface area contributed by atoms with Crippen LogP contribution in [-0.2, 0) is 9.59 Å². The molecule has 2 N–H and O–H groups in total. The SMILES string of the molecule is CC(=O)N[C@@H]1CCC[C@H](C(=O)Nc2cc(-c3nnn4ccccc34)c(Cl)cn2)C1. The van der Waals surface area contributed by atoms with E-state index >= 15 is 0 Å². The fourth-order valence-corrected chi connectivity index (χ4v) is 3.99. The molecule has 9 heteroatoms. The third-order valence-electron chi connectivity index (χ3n) is 5.14. The third-order valence-corrected chi connectivity index (χ3v) is 5.44. The predicted octanol–water partition coefficient (Wildman–Crippen LogP) is 3.08. The van der Waals surface area contributed by atoms with Crippen LogP contribution in [0.25, 0.3) is 16.8 Å². The second-order valence-corrected chi connectivity index (χ2v) is 7.68. The number of anilines is 1. The van der Waals surface area contributed by atoms with E-state index in [2.05, 4.69) is 25.9 Å². The lowest BCUT2D eigenvalue weighted by Crippen LogP contribution is -2.40. The molecule has 3 aromatic rings. The number of carbonyl (C=O) groups is 2. The van der Waals surface area contributed by atoms with Crippen molar-refractivity contribution >= 4 is 34.7 Å². The lowest BCUT2D eigenvalue weighted by Gasteiger charge is -2.28.